The second-order valence-electron chi connectivity index (χ2n) is 3.67. The van der Waals surface area contributed by atoms with Crippen LogP contribution in [-0.4, -0.2) is 20.0 Å². The zero-order chi connectivity index (χ0) is 12.3. The Morgan fingerprint density at radius 2 is 2.24 bits per heavy atom. The van der Waals surface area contributed by atoms with Crippen molar-refractivity contribution in [1.29, 1.82) is 5.26 Å². The lowest BCUT2D eigenvalue weighted by Gasteiger charge is -2.12. The molecule has 0 bridgehead atoms. The van der Waals surface area contributed by atoms with Crippen LogP contribution in [-0.2, 0) is 0 Å². The minimum Gasteiger partial charge on any atom is -0.227 e. The van der Waals surface area contributed by atoms with Gasteiger partial charge < -0.3 is 0 Å². The van der Waals surface area contributed by atoms with Gasteiger partial charge in [-0.3, -0.25) is 0 Å². The topological polar surface area (TPSA) is 67.4 Å². The van der Waals surface area contributed by atoms with Crippen molar-refractivity contribution in [1.82, 2.24) is 20.0 Å². The van der Waals surface area contributed by atoms with E-state index in [1.807, 2.05) is 5.38 Å². The first kappa shape index (κ1) is 11.7. The lowest BCUT2D eigenvalue weighted by Crippen LogP contribution is -2.07. The summed E-state index contributed by atoms with van der Waals surface area (Å²) in [6.07, 6.45) is 3.65. The number of hydrogen-bond acceptors (Lipinski definition) is 5. The molecule has 0 unspecified atom stereocenters. The summed E-state index contributed by atoms with van der Waals surface area (Å²) in [4.78, 5) is 4.22. The Balaban J connectivity index is 2.54. The zero-order valence-electron chi connectivity index (χ0n) is 9.79. The zero-order valence-corrected chi connectivity index (χ0v) is 10.6. The molecule has 0 fully saturated rings. The molecule has 0 N–H and O–H groups in total. The van der Waals surface area contributed by atoms with Crippen molar-refractivity contribution in [3.8, 4) is 11.2 Å². The van der Waals surface area contributed by atoms with Crippen molar-refractivity contribution in [2.75, 3.05) is 0 Å². The molecule has 2 heterocycles. The molecule has 0 aliphatic heterocycles. The predicted octanol–water partition coefficient (Wildman–Crippen LogP) is 2.50. The SMILES string of the molecule is CCC(CC)c1c(C#N)nnn1-c1nccs1. The van der Waals surface area contributed by atoms with Gasteiger partial charge in [-0.25, -0.2) is 4.98 Å². The van der Waals surface area contributed by atoms with E-state index in [-0.39, 0.29) is 0 Å². The molecular weight excluding hydrogens is 234 g/mol. The fraction of sp³-hybridized carbons (Fsp3) is 0.455. The second kappa shape index (κ2) is 5.06. The molecule has 2 aromatic rings. The number of nitriles is 1. The number of hydrogen-bond donors (Lipinski definition) is 0. The van der Waals surface area contributed by atoms with E-state index in [1.54, 1.807) is 10.9 Å². The highest BCUT2D eigenvalue weighted by molar-refractivity contribution is 7.12. The van der Waals surface area contributed by atoms with E-state index >= 15 is 0 Å². The van der Waals surface area contributed by atoms with Crippen LogP contribution in [0.15, 0.2) is 11.6 Å². The second-order valence-corrected chi connectivity index (χ2v) is 4.55. The minimum atomic E-state index is 0.295. The third-order valence-electron chi connectivity index (χ3n) is 2.78. The lowest BCUT2D eigenvalue weighted by atomic mass is 9.98. The fourth-order valence-corrected chi connectivity index (χ4v) is 2.47. The van der Waals surface area contributed by atoms with E-state index in [4.69, 9.17) is 5.26 Å². The third-order valence-corrected chi connectivity index (χ3v) is 3.53. The Hall–Kier alpha value is -1.74. The number of aromatic nitrogens is 4. The molecule has 88 valence electrons. The van der Waals surface area contributed by atoms with Crippen molar-refractivity contribution in [2.24, 2.45) is 0 Å². The molecule has 0 amide bonds. The summed E-state index contributed by atoms with van der Waals surface area (Å²) in [6, 6.07) is 2.11. The maximum absolute atomic E-state index is 9.09. The van der Waals surface area contributed by atoms with Crippen LogP contribution in [0.1, 0.15) is 44.0 Å². The van der Waals surface area contributed by atoms with Crippen LogP contribution >= 0.6 is 11.3 Å². The molecule has 0 spiro atoms. The first-order valence-corrected chi connectivity index (χ1v) is 6.45. The van der Waals surface area contributed by atoms with E-state index < -0.39 is 0 Å². The molecule has 0 aromatic carbocycles. The van der Waals surface area contributed by atoms with Crippen LogP contribution < -0.4 is 0 Å². The molecule has 6 heteroatoms. The van der Waals surface area contributed by atoms with E-state index in [0.717, 1.165) is 23.7 Å². The average Bonchev–Trinajstić information content (AvgIpc) is 2.98. The minimum absolute atomic E-state index is 0.295. The van der Waals surface area contributed by atoms with Gasteiger partial charge in [-0.05, 0) is 12.8 Å². The molecule has 0 aliphatic rings. The van der Waals surface area contributed by atoms with Crippen molar-refractivity contribution in [3.63, 3.8) is 0 Å². The van der Waals surface area contributed by atoms with Crippen LogP contribution in [0, 0.1) is 11.3 Å². The normalized spacial score (nSPS) is 10.7. The van der Waals surface area contributed by atoms with Gasteiger partial charge in [0.05, 0.1) is 5.69 Å². The highest BCUT2D eigenvalue weighted by Gasteiger charge is 2.21. The summed E-state index contributed by atoms with van der Waals surface area (Å²) in [5, 5.41) is 19.7. The third kappa shape index (κ3) is 2.06. The van der Waals surface area contributed by atoms with Gasteiger partial charge in [0.25, 0.3) is 0 Å². The van der Waals surface area contributed by atoms with Gasteiger partial charge in [-0.15, -0.1) is 16.4 Å². The van der Waals surface area contributed by atoms with Crippen LogP contribution in [0.3, 0.4) is 0 Å². The van der Waals surface area contributed by atoms with Gasteiger partial charge in [-0.2, -0.15) is 9.94 Å². The first-order valence-electron chi connectivity index (χ1n) is 5.57. The molecule has 2 aromatic heterocycles. The monoisotopic (exact) mass is 247 g/mol. The molecular formula is C11H13N5S. The quantitative estimate of drug-likeness (QED) is 0.832. The van der Waals surface area contributed by atoms with E-state index in [1.165, 1.54) is 11.3 Å². The maximum atomic E-state index is 9.09. The summed E-state index contributed by atoms with van der Waals surface area (Å²) < 4.78 is 1.70. The smallest absolute Gasteiger partial charge is 0.211 e. The Morgan fingerprint density at radius 1 is 1.47 bits per heavy atom. The van der Waals surface area contributed by atoms with Crippen LogP contribution in [0.5, 0.6) is 0 Å². The largest absolute Gasteiger partial charge is 0.227 e. The first-order chi connectivity index (χ1) is 8.31. The van der Waals surface area contributed by atoms with E-state index in [9.17, 15) is 0 Å². The van der Waals surface area contributed by atoms with Crippen molar-refractivity contribution in [2.45, 2.75) is 32.6 Å². The Bertz CT molecular complexity index is 519. The Labute approximate surface area is 104 Å². The predicted molar refractivity (Wildman–Crippen MR) is 65.1 cm³/mol. The van der Waals surface area contributed by atoms with Crippen molar-refractivity contribution in [3.05, 3.63) is 23.0 Å². The Morgan fingerprint density at radius 3 is 2.76 bits per heavy atom. The fourth-order valence-electron chi connectivity index (χ4n) is 1.87. The molecule has 0 atom stereocenters. The molecule has 17 heavy (non-hydrogen) atoms. The summed E-state index contributed by atoms with van der Waals surface area (Å²) in [5.41, 5.74) is 1.29. The number of nitrogens with zero attached hydrogens (tertiary/aromatic N) is 5. The molecule has 0 aliphatic carbocycles. The van der Waals surface area contributed by atoms with E-state index in [0.29, 0.717) is 11.6 Å². The van der Waals surface area contributed by atoms with E-state index in [2.05, 4.69) is 35.2 Å². The van der Waals surface area contributed by atoms with Crippen molar-refractivity contribution >= 4 is 11.3 Å². The number of rotatable bonds is 4. The van der Waals surface area contributed by atoms with Crippen LogP contribution in [0.4, 0.5) is 0 Å². The van der Waals surface area contributed by atoms with Crippen LogP contribution in [0.25, 0.3) is 5.13 Å². The van der Waals surface area contributed by atoms with Gasteiger partial charge >= 0.3 is 0 Å². The van der Waals surface area contributed by atoms with Gasteiger partial charge in [0, 0.05) is 17.5 Å². The van der Waals surface area contributed by atoms with Gasteiger partial charge in [0.2, 0.25) is 5.13 Å². The summed E-state index contributed by atoms with van der Waals surface area (Å²) in [7, 11) is 0. The van der Waals surface area contributed by atoms with Gasteiger partial charge in [0.15, 0.2) is 5.69 Å². The van der Waals surface area contributed by atoms with Gasteiger partial charge in [-0.1, -0.05) is 19.1 Å². The summed E-state index contributed by atoms with van der Waals surface area (Å²) in [5.74, 6) is 0.295. The molecule has 0 radical (unpaired) electrons. The summed E-state index contributed by atoms with van der Waals surface area (Å²) >= 11 is 1.49. The highest BCUT2D eigenvalue weighted by Crippen LogP contribution is 2.27. The average molecular weight is 247 g/mol. The standard InChI is InChI=1S/C11H13N5S/c1-3-8(4-2)10-9(7-12)14-15-16(10)11-13-5-6-17-11/h5-6,8H,3-4H2,1-2H3. The molecule has 2 rings (SSSR count). The lowest BCUT2D eigenvalue weighted by molar-refractivity contribution is 0.593. The Kier molecular flexibility index (Phi) is 3.49. The maximum Gasteiger partial charge on any atom is 0.211 e. The molecule has 0 saturated carbocycles. The number of thiazole rings is 1. The van der Waals surface area contributed by atoms with Gasteiger partial charge in [0.1, 0.15) is 6.07 Å². The van der Waals surface area contributed by atoms with Crippen LogP contribution in [0.2, 0.25) is 0 Å². The highest BCUT2D eigenvalue weighted by atomic mass is 32.1. The van der Waals surface area contributed by atoms with Crippen molar-refractivity contribution < 1.29 is 0 Å². The molecule has 0 saturated heterocycles. The summed E-state index contributed by atoms with van der Waals surface area (Å²) in [6.45, 7) is 4.21. The molecule has 5 nitrogen and oxygen atoms in total.